The lowest BCUT2D eigenvalue weighted by molar-refractivity contribution is -0.167. The topological polar surface area (TPSA) is 78.9 Å². The zero-order chi connectivity index (χ0) is 50.7. The van der Waals surface area contributed by atoms with E-state index in [-0.39, 0.29) is 31.1 Å². The number of carbonyl (C=O) groups excluding carboxylic acids is 3. The van der Waals surface area contributed by atoms with Gasteiger partial charge in [-0.3, -0.25) is 14.4 Å². The fraction of sp³-hybridized carbons (Fsp3) is 0.734. The molecule has 1 atom stereocenters. The Labute approximate surface area is 433 Å². The zero-order valence-corrected chi connectivity index (χ0v) is 46.0. The van der Waals surface area contributed by atoms with Crippen LogP contribution in [0.2, 0.25) is 0 Å². The van der Waals surface area contributed by atoms with E-state index in [0.717, 1.165) is 103 Å². The summed E-state index contributed by atoms with van der Waals surface area (Å²) in [5, 5.41) is 0. The number of esters is 3. The maximum atomic E-state index is 12.9. The lowest BCUT2D eigenvalue weighted by Gasteiger charge is -2.18. The van der Waals surface area contributed by atoms with Crippen LogP contribution in [0.1, 0.15) is 284 Å². The highest BCUT2D eigenvalue weighted by Gasteiger charge is 2.19. The third kappa shape index (κ3) is 55.5. The molecule has 0 radical (unpaired) electrons. The fourth-order valence-electron chi connectivity index (χ4n) is 8.21. The Kier molecular flexibility index (Phi) is 55.3. The summed E-state index contributed by atoms with van der Waals surface area (Å²) in [6, 6.07) is 0. The maximum absolute atomic E-state index is 12.9. The van der Waals surface area contributed by atoms with Crippen molar-refractivity contribution in [2.75, 3.05) is 13.2 Å². The summed E-state index contributed by atoms with van der Waals surface area (Å²) in [7, 11) is 0. The lowest BCUT2D eigenvalue weighted by atomic mass is 10.0. The normalized spacial score (nSPS) is 12.7. The van der Waals surface area contributed by atoms with Gasteiger partial charge in [-0.15, -0.1) is 0 Å². The van der Waals surface area contributed by atoms with E-state index in [0.29, 0.717) is 19.3 Å². The Bertz CT molecular complexity index is 1350. The van der Waals surface area contributed by atoms with E-state index in [2.05, 4.69) is 106 Å². The third-order valence-electron chi connectivity index (χ3n) is 12.6. The summed E-state index contributed by atoms with van der Waals surface area (Å²) < 4.78 is 16.8. The van der Waals surface area contributed by atoms with Crippen LogP contribution in [-0.4, -0.2) is 37.2 Å². The Morgan fingerprint density at radius 2 is 0.557 bits per heavy atom. The quantitative estimate of drug-likeness (QED) is 0.0261. The van der Waals surface area contributed by atoms with Gasteiger partial charge in [-0.05, 0) is 96.3 Å². The molecule has 0 bridgehead atoms. The molecule has 0 amide bonds. The lowest BCUT2D eigenvalue weighted by Crippen LogP contribution is -2.30. The second kappa shape index (κ2) is 58.2. The molecule has 0 aromatic heterocycles. The number of allylic oxidation sites excluding steroid dienone is 14. The monoisotopic (exact) mass is 975 g/mol. The predicted octanol–water partition coefficient (Wildman–Crippen LogP) is 19.9. The summed E-state index contributed by atoms with van der Waals surface area (Å²) in [5.74, 6) is -0.936. The van der Waals surface area contributed by atoms with E-state index in [1.54, 1.807) is 0 Å². The molecule has 0 N–H and O–H groups in total. The summed E-state index contributed by atoms with van der Waals surface area (Å²) in [6.45, 7) is 6.50. The molecule has 0 saturated heterocycles. The summed E-state index contributed by atoms with van der Waals surface area (Å²) >= 11 is 0. The van der Waals surface area contributed by atoms with Crippen LogP contribution in [0.3, 0.4) is 0 Å². The molecule has 70 heavy (non-hydrogen) atoms. The molecule has 402 valence electrons. The standard InChI is InChI=1S/C64H110O6/c1-4-7-10-13-16-19-22-25-28-30-31-32-33-34-37-39-42-45-48-51-54-57-63(66)69-60-61(59-68-62(65)56-53-50-47-44-41-38-35-27-24-21-18-15-12-9-6-3)70-64(67)58-55-52-49-46-43-40-36-29-26-23-20-17-14-11-8-5-2/h7,10,16,19,25,27-28,31-32,34-35,37,42,45,61H,4-6,8-9,11-15,17-18,20-24,26,29-30,33,36,38-41,43-44,46-60H2,1-3H3/b10-7-,19-16-,28-25-,32-31-,35-27-,37-34-,45-42-. The van der Waals surface area contributed by atoms with Gasteiger partial charge in [0, 0.05) is 19.3 Å². The van der Waals surface area contributed by atoms with Crippen LogP contribution in [0.5, 0.6) is 0 Å². The first kappa shape index (κ1) is 66.6. The minimum absolute atomic E-state index is 0.0927. The van der Waals surface area contributed by atoms with Crippen molar-refractivity contribution in [3.63, 3.8) is 0 Å². The molecule has 0 aliphatic heterocycles. The van der Waals surface area contributed by atoms with Crippen molar-refractivity contribution in [2.45, 2.75) is 290 Å². The SMILES string of the molecule is CC/C=C\C/C=C\C/C=C\C/C=C\C/C=C\C/C=C\CCCCC(=O)OCC(COC(=O)CCCCCCC/C=C\CCCCCCCC)OC(=O)CCCCCCCCCCCCCCCCCC. The largest absolute Gasteiger partial charge is 0.462 e. The smallest absolute Gasteiger partial charge is 0.306 e. The number of ether oxygens (including phenoxy) is 3. The highest BCUT2D eigenvalue weighted by Crippen LogP contribution is 2.16. The molecule has 0 saturated carbocycles. The van der Waals surface area contributed by atoms with E-state index < -0.39 is 6.10 Å². The van der Waals surface area contributed by atoms with E-state index in [9.17, 15) is 14.4 Å². The van der Waals surface area contributed by atoms with Gasteiger partial charge >= 0.3 is 17.9 Å². The van der Waals surface area contributed by atoms with Crippen LogP contribution in [0.15, 0.2) is 85.1 Å². The predicted molar refractivity (Wildman–Crippen MR) is 302 cm³/mol. The Morgan fingerprint density at radius 3 is 0.914 bits per heavy atom. The molecule has 0 heterocycles. The molecule has 6 heteroatoms. The maximum Gasteiger partial charge on any atom is 0.306 e. The second-order valence-electron chi connectivity index (χ2n) is 19.5. The number of carbonyl (C=O) groups is 3. The number of unbranched alkanes of at least 4 members (excludes halogenated alkanes) is 28. The van der Waals surface area contributed by atoms with Crippen molar-refractivity contribution in [1.82, 2.24) is 0 Å². The molecule has 0 aromatic rings. The average Bonchev–Trinajstić information content (AvgIpc) is 3.36. The molecule has 1 unspecified atom stereocenters. The van der Waals surface area contributed by atoms with Crippen molar-refractivity contribution < 1.29 is 28.6 Å². The Balaban J connectivity index is 4.45. The molecular weight excluding hydrogens is 865 g/mol. The highest BCUT2D eigenvalue weighted by molar-refractivity contribution is 5.71. The molecular formula is C64H110O6. The Hall–Kier alpha value is -3.41. The van der Waals surface area contributed by atoms with Gasteiger partial charge in [0.1, 0.15) is 13.2 Å². The van der Waals surface area contributed by atoms with Crippen molar-refractivity contribution in [1.29, 1.82) is 0 Å². The highest BCUT2D eigenvalue weighted by atomic mass is 16.6. The average molecular weight is 976 g/mol. The van der Waals surface area contributed by atoms with Gasteiger partial charge in [-0.25, -0.2) is 0 Å². The van der Waals surface area contributed by atoms with E-state index in [1.165, 1.54) is 141 Å². The van der Waals surface area contributed by atoms with Gasteiger partial charge in [0.05, 0.1) is 0 Å². The third-order valence-corrected chi connectivity index (χ3v) is 12.6. The minimum atomic E-state index is -0.797. The van der Waals surface area contributed by atoms with Gasteiger partial charge in [0.25, 0.3) is 0 Å². The summed E-state index contributed by atoms with van der Waals surface area (Å²) in [6.07, 6.45) is 75.7. The zero-order valence-electron chi connectivity index (χ0n) is 46.0. The van der Waals surface area contributed by atoms with Crippen LogP contribution in [-0.2, 0) is 28.6 Å². The molecule has 0 spiro atoms. The first-order valence-electron chi connectivity index (χ1n) is 29.6. The van der Waals surface area contributed by atoms with Gasteiger partial charge in [-0.1, -0.05) is 254 Å². The van der Waals surface area contributed by atoms with Crippen molar-refractivity contribution in [3.8, 4) is 0 Å². The van der Waals surface area contributed by atoms with Crippen molar-refractivity contribution >= 4 is 17.9 Å². The van der Waals surface area contributed by atoms with Crippen molar-refractivity contribution in [2.24, 2.45) is 0 Å². The van der Waals surface area contributed by atoms with E-state index in [1.807, 2.05) is 0 Å². The van der Waals surface area contributed by atoms with Gasteiger partial charge < -0.3 is 14.2 Å². The van der Waals surface area contributed by atoms with Gasteiger partial charge in [0.2, 0.25) is 0 Å². The number of hydrogen-bond donors (Lipinski definition) is 0. The molecule has 0 rings (SSSR count). The van der Waals surface area contributed by atoms with E-state index in [4.69, 9.17) is 14.2 Å². The van der Waals surface area contributed by atoms with Gasteiger partial charge in [-0.2, -0.15) is 0 Å². The van der Waals surface area contributed by atoms with Crippen LogP contribution in [0.25, 0.3) is 0 Å². The van der Waals surface area contributed by atoms with Crippen LogP contribution < -0.4 is 0 Å². The second-order valence-corrected chi connectivity index (χ2v) is 19.5. The Morgan fingerprint density at radius 1 is 0.300 bits per heavy atom. The summed E-state index contributed by atoms with van der Waals surface area (Å²) in [4.78, 5) is 38.2. The molecule has 6 nitrogen and oxygen atoms in total. The van der Waals surface area contributed by atoms with Crippen LogP contribution >= 0.6 is 0 Å². The van der Waals surface area contributed by atoms with Crippen LogP contribution in [0, 0.1) is 0 Å². The first-order chi connectivity index (χ1) is 34.5. The fourth-order valence-corrected chi connectivity index (χ4v) is 8.21. The summed E-state index contributed by atoms with van der Waals surface area (Å²) in [5.41, 5.74) is 0. The first-order valence-corrected chi connectivity index (χ1v) is 29.6. The molecule has 0 aromatic carbocycles. The van der Waals surface area contributed by atoms with Gasteiger partial charge in [0.15, 0.2) is 6.10 Å². The molecule has 0 aliphatic rings. The van der Waals surface area contributed by atoms with Crippen molar-refractivity contribution in [3.05, 3.63) is 85.1 Å². The van der Waals surface area contributed by atoms with Crippen LogP contribution in [0.4, 0.5) is 0 Å². The number of rotatable bonds is 53. The minimum Gasteiger partial charge on any atom is -0.462 e. The molecule has 0 fully saturated rings. The van der Waals surface area contributed by atoms with E-state index >= 15 is 0 Å². The molecule has 0 aliphatic carbocycles. The number of hydrogen-bond acceptors (Lipinski definition) is 6.